The average molecular weight is 266 g/mol. The van der Waals surface area contributed by atoms with Gasteiger partial charge in [0.2, 0.25) is 0 Å². The van der Waals surface area contributed by atoms with Gasteiger partial charge in [-0.1, -0.05) is 42.5 Å². The van der Waals surface area contributed by atoms with Crippen LogP contribution < -0.4 is 0 Å². The highest BCUT2D eigenvalue weighted by molar-refractivity contribution is 7.21. The van der Waals surface area contributed by atoms with Crippen molar-refractivity contribution in [1.82, 2.24) is 0 Å². The van der Waals surface area contributed by atoms with Gasteiger partial charge in [-0.15, -0.1) is 11.3 Å². The van der Waals surface area contributed by atoms with Crippen molar-refractivity contribution in [1.29, 1.82) is 0 Å². The first-order valence-electron chi connectivity index (χ1n) is 5.86. The molecule has 0 saturated heterocycles. The second-order valence-corrected chi connectivity index (χ2v) is 5.24. The van der Waals surface area contributed by atoms with E-state index >= 15 is 0 Å². The molecule has 0 spiro atoms. The van der Waals surface area contributed by atoms with Gasteiger partial charge < -0.3 is 0 Å². The minimum Gasteiger partial charge on any atom is -0.298 e. The van der Waals surface area contributed by atoms with E-state index in [-0.39, 0.29) is 0 Å². The summed E-state index contributed by atoms with van der Waals surface area (Å²) in [6.45, 7) is 0. The number of fused-ring (bicyclic) bond motifs is 1. The van der Waals surface area contributed by atoms with Gasteiger partial charge in [-0.25, -0.2) is 0 Å². The van der Waals surface area contributed by atoms with Crippen molar-refractivity contribution >= 4 is 34.0 Å². The summed E-state index contributed by atoms with van der Waals surface area (Å²) >= 11 is 1.45. The predicted octanol–water partition coefficient (Wildman–Crippen LogP) is 4.19. The van der Waals surface area contributed by atoms with E-state index in [2.05, 4.69) is 0 Å². The first-order chi connectivity index (χ1) is 9.35. The average Bonchev–Trinajstić information content (AvgIpc) is 2.85. The Labute approximate surface area is 114 Å². The Balaban J connectivity index is 2.41. The summed E-state index contributed by atoms with van der Waals surface area (Å²) in [6, 6.07) is 15.2. The summed E-state index contributed by atoms with van der Waals surface area (Å²) in [6.07, 6.45) is 1.69. The molecule has 3 rings (SSSR count). The fourth-order valence-corrected chi connectivity index (χ4v) is 3.29. The van der Waals surface area contributed by atoms with Crippen molar-refractivity contribution in [2.45, 2.75) is 0 Å². The van der Waals surface area contributed by atoms with Gasteiger partial charge in [0.1, 0.15) is 0 Å². The number of hydrogen-bond donors (Lipinski definition) is 0. The van der Waals surface area contributed by atoms with E-state index in [1.165, 1.54) is 11.3 Å². The van der Waals surface area contributed by atoms with Crippen LogP contribution in [0, 0.1) is 0 Å². The third kappa shape index (κ3) is 1.88. The third-order valence-corrected chi connectivity index (χ3v) is 4.18. The molecule has 0 radical (unpaired) electrons. The molecule has 0 aliphatic rings. The van der Waals surface area contributed by atoms with E-state index < -0.39 is 0 Å². The van der Waals surface area contributed by atoms with Gasteiger partial charge in [-0.3, -0.25) is 9.59 Å². The Morgan fingerprint density at radius 2 is 1.58 bits per heavy atom. The third-order valence-electron chi connectivity index (χ3n) is 3.09. The van der Waals surface area contributed by atoms with Gasteiger partial charge in [-0.05, 0) is 11.6 Å². The molecule has 19 heavy (non-hydrogen) atoms. The van der Waals surface area contributed by atoms with Crippen LogP contribution in [0.5, 0.6) is 0 Å². The van der Waals surface area contributed by atoms with Crippen LogP contribution in [-0.2, 0) is 0 Å². The van der Waals surface area contributed by atoms with Gasteiger partial charge in [0, 0.05) is 21.2 Å². The number of thiophene rings is 1. The van der Waals surface area contributed by atoms with Crippen LogP contribution in [0.1, 0.15) is 20.0 Å². The molecule has 1 aromatic heterocycles. The lowest BCUT2D eigenvalue weighted by Gasteiger charge is -2.04. The molecule has 3 aromatic rings. The molecule has 0 aliphatic heterocycles. The fraction of sp³-hybridized carbons (Fsp3) is 0. The second kappa shape index (κ2) is 4.78. The number of carbonyl (C=O) groups excluding carboxylic acids is 2. The molecule has 0 atom stereocenters. The van der Waals surface area contributed by atoms with E-state index in [4.69, 9.17) is 0 Å². The number of rotatable bonds is 3. The maximum Gasteiger partial charge on any atom is 0.160 e. The smallest absolute Gasteiger partial charge is 0.160 e. The fourth-order valence-electron chi connectivity index (χ4n) is 2.25. The Bertz CT molecular complexity index is 771. The summed E-state index contributed by atoms with van der Waals surface area (Å²) in [5.74, 6) is 0. The zero-order valence-electron chi connectivity index (χ0n) is 10.00. The molecule has 0 fully saturated rings. The van der Waals surface area contributed by atoms with Crippen molar-refractivity contribution in [3.05, 3.63) is 59.0 Å². The standard InChI is InChI=1S/C16H10O2S/c17-9-11-5-1-2-6-12(11)16-13-7-3-4-8-14(13)19-15(16)10-18/h1-10H. The molecule has 3 heteroatoms. The lowest BCUT2D eigenvalue weighted by Crippen LogP contribution is -1.88. The number of carbonyl (C=O) groups is 2. The minimum absolute atomic E-state index is 0.606. The molecular formula is C16H10O2S. The zero-order chi connectivity index (χ0) is 13.2. The Hall–Kier alpha value is -2.26. The lowest BCUT2D eigenvalue weighted by molar-refractivity contribution is 0.111. The molecule has 0 unspecified atom stereocenters. The first kappa shape index (κ1) is 11.8. The van der Waals surface area contributed by atoms with Gasteiger partial charge in [0.05, 0.1) is 4.88 Å². The molecule has 2 nitrogen and oxygen atoms in total. The van der Waals surface area contributed by atoms with Crippen LogP contribution in [0.3, 0.4) is 0 Å². The number of aldehydes is 2. The highest BCUT2D eigenvalue weighted by atomic mass is 32.1. The van der Waals surface area contributed by atoms with Crippen LogP contribution >= 0.6 is 11.3 Å². The lowest BCUT2D eigenvalue weighted by atomic mass is 9.98. The van der Waals surface area contributed by atoms with Crippen molar-refractivity contribution in [2.24, 2.45) is 0 Å². The maximum absolute atomic E-state index is 11.3. The summed E-state index contributed by atoms with van der Waals surface area (Å²) in [7, 11) is 0. The van der Waals surface area contributed by atoms with Crippen LogP contribution in [0.15, 0.2) is 48.5 Å². The van der Waals surface area contributed by atoms with E-state index in [0.29, 0.717) is 10.4 Å². The molecule has 0 bridgehead atoms. The number of hydrogen-bond acceptors (Lipinski definition) is 3. The summed E-state index contributed by atoms with van der Waals surface area (Å²) in [5.41, 5.74) is 2.28. The molecule has 0 N–H and O–H groups in total. The maximum atomic E-state index is 11.3. The molecule has 2 aromatic carbocycles. The van der Waals surface area contributed by atoms with Crippen molar-refractivity contribution in [3.63, 3.8) is 0 Å². The van der Waals surface area contributed by atoms with Gasteiger partial charge in [0.25, 0.3) is 0 Å². The highest BCUT2D eigenvalue weighted by Gasteiger charge is 2.15. The van der Waals surface area contributed by atoms with Crippen LogP contribution in [0.25, 0.3) is 21.2 Å². The van der Waals surface area contributed by atoms with Crippen LogP contribution in [-0.4, -0.2) is 12.6 Å². The molecule has 0 saturated carbocycles. The SMILES string of the molecule is O=Cc1ccccc1-c1c(C=O)sc2ccccc12. The van der Waals surface area contributed by atoms with Gasteiger partial charge in [0.15, 0.2) is 12.6 Å². The molecule has 0 aliphatic carbocycles. The molecular weight excluding hydrogens is 256 g/mol. The largest absolute Gasteiger partial charge is 0.298 e. The van der Waals surface area contributed by atoms with Crippen LogP contribution in [0.2, 0.25) is 0 Å². The van der Waals surface area contributed by atoms with Crippen molar-refractivity contribution in [2.75, 3.05) is 0 Å². The number of benzene rings is 2. The Morgan fingerprint density at radius 1 is 0.842 bits per heavy atom. The molecule has 1 heterocycles. The van der Waals surface area contributed by atoms with E-state index in [1.807, 2.05) is 42.5 Å². The van der Waals surface area contributed by atoms with Gasteiger partial charge >= 0.3 is 0 Å². The molecule has 0 amide bonds. The second-order valence-electron chi connectivity index (χ2n) is 4.16. The van der Waals surface area contributed by atoms with E-state index in [9.17, 15) is 9.59 Å². The van der Waals surface area contributed by atoms with E-state index in [0.717, 1.165) is 33.8 Å². The van der Waals surface area contributed by atoms with E-state index in [1.54, 1.807) is 6.07 Å². The zero-order valence-corrected chi connectivity index (χ0v) is 10.8. The minimum atomic E-state index is 0.606. The Kier molecular flexibility index (Phi) is 2.97. The topological polar surface area (TPSA) is 34.1 Å². The summed E-state index contributed by atoms with van der Waals surface area (Å²) in [4.78, 5) is 23.1. The first-order valence-corrected chi connectivity index (χ1v) is 6.68. The van der Waals surface area contributed by atoms with Crippen LogP contribution in [0.4, 0.5) is 0 Å². The summed E-state index contributed by atoms with van der Waals surface area (Å²) < 4.78 is 1.06. The van der Waals surface area contributed by atoms with Gasteiger partial charge in [-0.2, -0.15) is 0 Å². The monoisotopic (exact) mass is 266 g/mol. The van der Waals surface area contributed by atoms with Crippen molar-refractivity contribution < 1.29 is 9.59 Å². The normalized spacial score (nSPS) is 10.5. The summed E-state index contributed by atoms with van der Waals surface area (Å²) in [5, 5.41) is 1.02. The van der Waals surface area contributed by atoms with Crippen molar-refractivity contribution in [3.8, 4) is 11.1 Å². The molecule has 92 valence electrons. The highest BCUT2D eigenvalue weighted by Crippen LogP contribution is 2.38. The quantitative estimate of drug-likeness (QED) is 0.666. The predicted molar refractivity (Wildman–Crippen MR) is 78.0 cm³/mol. The Morgan fingerprint density at radius 3 is 2.37 bits per heavy atom.